The van der Waals surface area contributed by atoms with Crippen LogP contribution in [0, 0.1) is 0 Å². The number of hydrogen-bond acceptors (Lipinski definition) is 10. The predicted molar refractivity (Wildman–Crippen MR) is 133 cm³/mol. The van der Waals surface area contributed by atoms with Crippen LogP contribution >= 0.6 is 0 Å². The van der Waals surface area contributed by atoms with Gasteiger partial charge in [0.1, 0.15) is 12.2 Å². The second-order valence-corrected chi connectivity index (χ2v) is 9.01. The molecule has 0 aliphatic carbocycles. The summed E-state index contributed by atoms with van der Waals surface area (Å²) in [7, 11) is 0. The highest BCUT2D eigenvalue weighted by atomic mass is 16.6. The fourth-order valence-corrected chi connectivity index (χ4v) is 3.22. The molecule has 0 N–H and O–H groups in total. The summed E-state index contributed by atoms with van der Waals surface area (Å²) in [6.07, 6.45) is 0. The number of hydrogen-bond donors (Lipinski definition) is 0. The molecule has 1 aromatic carbocycles. The molecule has 0 spiro atoms. The zero-order valence-electron chi connectivity index (χ0n) is 22.0. The number of carbonyl (C=O) groups excluding carboxylic acids is 3. The Bertz CT molecular complexity index is 804. The van der Waals surface area contributed by atoms with E-state index in [0.29, 0.717) is 77.2 Å². The highest BCUT2D eigenvalue weighted by Gasteiger charge is 2.34. The molecule has 0 saturated carbocycles. The number of ether oxygens (including phenoxy) is 7. The standard InChI is InChI=1S/C26H39NO10/c1-26(2,3)37-23(28)20-36-19-18-35-17-16-34-15-14-33-13-12-32-11-10-31-9-8-27-24(29)21-6-4-5-7-22(21)25(27)30/h4-7H,8-20H2,1-3H3. The molecule has 0 aromatic heterocycles. The highest BCUT2D eigenvalue weighted by Crippen LogP contribution is 2.21. The number of rotatable bonds is 20. The van der Waals surface area contributed by atoms with Crippen molar-refractivity contribution in [2.75, 3.05) is 85.8 Å². The molecule has 1 aromatic rings. The summed E-state index contributed by atoms with van der Waals surface area (Å²) in [4.78, 5) is 37.2. The Labute approximate surface area is 218 Å². The van der Waals surface area contributed by atoms with E-state index in [1.807, 2.05) is 0 Å². The number of nitrogens with zero attached hydrogens (tertiary/aromatic N) is 1. The number of esters is 1. The normalized spacial score (nSPS) is 13.3. The van der Waals surface area contributed by atoms with Gasteiger partial charge in [-0.2, -0.15) is 0 Å². The van der Waals surface area contributed by atoms with Crippen LogP contribution < -0.4 is 0 Å². The average molecular weight is 526 g/mol. The van der Waals surface area contributed by atoms with Crippen molar-refractivity contribution in [1.82, 2.24) is 4.90 Å². The quantitative estimate of drug-likeness (QED) is 0.141. The van der Waals surface area contributed by atoms with Gasteiger partial charge in [0.05, 0.1) is 90.3 Å². The SMILES string of the molecule is CC(C)(C)OC(=O)COCCOCCOCCOCCOCCOCCN1C(=O)c2ccccc2C1=O. The summed E-state index contributed by atoms with van der Waals surface area (Å²) in [5.41, 5.74) is 0.359. The van der Waals surface area contributed by atoms with Crippen LogP contribution in [0.15, 0.2) is 24.3 Å². The molecule has 0 saturated heterocycles. The van der Waals surface area contributed by atoms with E-state index in [2.05, 4.69) is 0 Å². The Hall–Kier alpha value is -2.41. The van der Waals surface area contributed by atoms with E-state index >= 15 is 0 Å². The van der Waals surface area contributed by atoms with E-state index in [9.17, 15) is 14.4 Å². The summed E-state index contributed by atoms with van der Waals surface area (Å²) in [6.45, 7) is 9.81. The van der Waals surface area contributed by atoms with Crippen LogP contribution in [0.25, 0.3) is 0 Å². The fourth-order valence-electron chi connectivity index (χ4n) is 3.22. The van der Waals surface area contributed by atoms with Crippen molar-refractivity contribution in [1.29, 1.82) is 0 Å². The minimum atomic E-state index is -0.517. The number of carbonyl (C=O) groups is 3. The molecule has 0 radical (unpaired) electrons. The third-order valence-corrected chi connectivity index (χ3v) is 4.84. The molecular weight excluding hydrogens is 486 g/mol. The molecule has 11 heteroatoms. The maximum absolute atomic E-state index is 12.2. The molecule has 0 fully saturated rings. The summed E-state index contributed by atoms with van der Waals surface area (Å²) in [5, 5.41) is 0. The van der Waals surface area contributed by atoms with E-state index in [-0.39, 0.29) is 31.6 Å². The van der Waals surface area contributed by atoms with Crippen molar-refractivity contribution in [2.45, 2.75) is 26.4 Å². The lowest BCUT2D eigenvalue weighted by Crippen LogP contribution is -2.33. The molecule has 0 atom stereocenters. The van der Waals surface area contributed by atoms with E-state index in [4.69, 9.17) is 33.2 Å². The number of imide groups is 1. The van der Waals surface area contributed by atoms with E-state index in [0.717, 1.165) is 0 Å². The minimum absolute atomic E-state index is 0.0933. The first-order valence-corrected chi connectivity index (χ1v) is 12.4. The Kier molecular flexibility index (Phi) is 14.3. The van der Waals surface area contributed by atoms with Gasteiger partial charge in [0.2, 0.25) is 0 Å². The Morgan fingerprint density at radius 2 is 1.03 bits per heavy atom. The average Bonchev–Trinajstić information content (AvgIpc) is 3.09. The van der Waals surface area contributed by atoms with Crippen LogP contribution in [0.1, 0.15) is 41.5 Å². The van der Waals surface area contributed by atoms with Gasteiger partial charge in [-0.3, -0.25) is 14.5 Å². The molecule has 2 rings (SSSR count). The summed E-state index contributed by atoms with van der Waals surface area (Å²) in [5.74, 6) is -0.960. The van der Waals surface area contributed by atoms with Crippen molar-refractivity contribution in [3.05, 3.63) is 35.4 Å². The van der Waals surface area contributed by atoms with Crippen LogP contribution in [0.5, 0.6) is 0 Å². The number of amides is 2. The lowest BCUT2D eigenvalue weighted by Gasteiger charge is -2.19. The maximum Gasteiger partial charge on any atom is 0.332 e. The van der Waals surface area contributed by atoms with Crippen LogP contribution in [-0.2, 0) is 38.0 Å². The van der Waals surface area contributed by atoms with Crippen LogP contribution in [0.2, 0.25) is 0 Å². The van der Waals surface area contributed by atoms with Gasteiger partial charge in [0.15, 0.2) is 0 Å². The molecule has 11 nitrogen and oxygen atoms in total. The zero-order valence-corrected chi connectivity index (χ0v) is 22.0. The first kappa shape index (κ1) is 30.8. The first-order valence-electron chi connectivity index (χ1n) is 12.4. The molecule has 1 heterocycles. The zero-order chi connectivity index (χ0) is 26.9. The summed E-state index contributed by atoms with van der Waals surface area (Å²) in [6, 6.07) is 6.80. The minimum Gasteiger partial charge on any atom is -0.458 e. The molecule has 2 amide bonds. The Morgan fingerprint density at radius 1 is 0.649 bits per heavy atom. The van der Waals surface area contributed by atoms with Gasteiger partial charge in [-0.15, -0.1) is 0 Å². The van der Waals surface area contributed by atoms with Crippen molar-refractivity contribution in [2.24, 2.45) is 0 Å². The molecule has 1 aliphatic rings. The van der Waals surface area contributed by atoms with Gasteiger partial charge < -0.3 is 33.2 Å². The molecular formula is C26H39NO10. The highest BCUT2D eigenvalue weighted by molar-refractivity contribution is 6.21. The molecule has 208 valence electrons. The van der Waals surface area contributed by atoms with Gasteiger partial charge >= 0.3 is 5.97 Å². The van der Waals surface area contributed by atoms with Gasteiger partial charge in [0.25, 0.3) is 11.8 Å². The van der Waals surface area contributed by atoms with E-state index in [1.165, 1.54) is 4.90 Å². The van der Waals surface area contributed by atoms with Crippen LogP contribution in [0.3, 0.4) is 0 Å². The Balaban J connectivity index is 1.29. The van der Waals surface area contributed by atoms with E-state index < -0.39 is 11.6 Å². The lowest BCUT2D eigenvalue weighted by atomic mass is 10.1. The van der Waals surface area contributed by atoms with Crippen LogP contribution in [-0.4, -0.2) is 114 Å². The third-order valence-electron chi connectivity index (χ3n) is 4.84. The largest absolute Gasteiger partial charge is 0.458 e. The molecule has 0 bridgehead atoms. The van der Waals surface area contributed by atoms with Crippen molar-refractivity contribution < 1.29 is 47.5 Å². The lowest BCUT2D eigenvalue weighted by molar-refractivity contribution is -0.160. The first-order chi connectivity index (χ1) is 17.8. The maximum atomic E-state index is 12.2. The monoisotopic (exact) mass is 525 g/mol. The van der Waals surface area contributed by atoms with Gasteiger partial charge in [-0.25, -0.2) is 4.79 Å². The van der Waals surface area contributed by atoms with Gasteiger partial charge in [-0.05, 0) is 32.9 Å². The second-order valence-electron chi connectivity index (χ2n) is 9.01. The van der Waals surface area contributed by atoms with Gasteiger partial charge in [0, 0.05) is 0 Å². The number of benzene rings is 1. The topological polar surface area (TPSA) is 119 Å². The van der Waals surface area contributed by atoms with Gasteiger partial charge in [-0.1, -0.05) is 12.1 Å². The van der Waals surface area contributed by atoms with E-state index in [1.54, 1.807) is 45.0 Å². The predicted octanol–water partition coefficient (Wildman–Crippen LogP) is 1.72. The summed E-state index contributed by atoms with van der Waals surface area (Å²) >= 11 is 0. The third kappa shape index (κ3) is 12.6. The fraction of sp³-hybridized carbons (Fsp3) is 0.654. The van der Waals surface area contributed by atoms with Crippen LogP contribution in [0.4, 0.5) is 0 Å². The molecule has 0 unspecified atom stereocenters. The Morgan fingerprint density at radius 3 is 1.43 bits per heavy atom. The van der Waals surface area contributed by atoms with Crippen molar-refractivity contribution >= 4 is 17.8 Å². The number of fused-ring (bicyclic) bond motifs is 1. The smallest absolute Gasteiger partial charge is 0.332 e. The summed E-state index contributed by atoms with van der Waals surface area (Å²) < 4.78 is 37.4. The van der Waals surface area contributed by atoms with Crippen molar-refractivity contribution in [3.8, 4) is 0 Å². The second kappa shape index (κ2) is 17.2. The van der Waals surface area contributed by atoms with Crippen molar-refractivity contribution in [3.63, 3.8) is 0 Å². The molecule has 37 heavy (non-hydrogen) atoms. The molecule has 1 aliphatic heterocycles.